The molecule has 2 aliphatic heterocycles. The summed E-state index contributed by atoms with van der Waals surface area (Å²) in [5, 5.41) is 3.49. The highest BCUT2D eigenvalue weighted by atomic mass is 16.5. The highest BCUT2D eigenvalue weighted by molar-refractivity contribution is 5.25. The zero-order valence-electron chi connectivity index (χ0n) is 8.36. The predicted octanol–water partition coefficient (Wildman–Crippen LogP) is 1.80. The molecule has 2 aliphatic rings. The van der Waals surface area contributed by atoms with E-state index in [1.165, 1.54) is 17.5 Å². The summed E-state index contributed by atoms with van der Waals surface area (Å²) in [6.45, 7) is 3.15. The Hall–Kier alpha value is -0.860. The third-order valence-electron chi connectivity index (χ3n) is 3.23. The zero-order chi connectivity index (χ0) is 9.54. The van der Waals surface area contributed by atoms with E-state index in [9.17, 15) is 0 Å². The molecule has 0 aliphatic carbocycles. The van der Waals surface area contributed by atoms with Gasteiger partial charge in [-0.3, -0.25) is 0 Å². The van der Waals surface area contributed by atoms with Crippen molar-refractivity contribution in [3.8, 4) is 0 Å². The molecule has 0 radical (unpaired) electrons. The summed E-state index contributed by atoms with van der Waals surface area (Å²) in [7, 11) is 0. The minimum absolute atomic E-state index is 0.286. The van der Waals surface area contributed by atoms with Gasteiger partial charge in [-0.05, 0) is 18.9 Å². The van der Waals surface area contributed by atoms with Gasteiger partial charge in [-0.1, -0.05) is 29.8 Å². The van der Waals surface area contributed by atoms with Gasteiger partial charge >= 0.3 is 0 Å². The molecule has 2 heterocycles. The second-order valence-electron chi connectivity index (χ2n) is 4.34. The van der Waals surface area contributed by atoms with Crippen LogP contribution in [0.1, 0.15) is 23.7 Å². The molecule has 74 valence electrons. The molecule has 0 aromatic heterocycles. The van der Waals surface area contributed by atoms with Crippen LogP contribution in [0.25, 0.3) is 0 Å². The summed E-state index contributed by atoms with van der Waals surface area (Å²) in [5.74, 6) is 0. The molecule has 3 rings (SSSR count). The maximum atomic E-state index is 5.92. The van der Waals surface area contributed by atoms with Gasteiger partial charge in [-0.25, -0.2) is 0 Å². The third kappa shape index (κ3) is 1.26. The van der Waals surface area contributed by atoms with E-state index in [-0.39, 0.29) is 6.10 Å². The van der Waals surface area contributed by atoms with Crippen molar-refractivity contribution in [2.45, 2.75) is 31.6 Å². The standard InChI is InChI=1S/C12H15NO/c1-8-2-4-9(5-3-8)12-11-6-10(14-12)7-13-11/h2-5,10-13H,6-7H2,1H3/t10-,11-,12+/m1/s1. The molecule has 0 amide bonds. The Morgan fingerprint density at radius 3 is 2.64 bits per heavy atom. The van der Waals surface area contributed by atoms with Gasteiger partial charge < -0.3 is 10.1 Å². The Kier molecular flexibility index (Phi) is 1.85. The van der Waals surface area contributed by atoms with Crippen molar-refractivity contribution < 1.29 is 4.74 Å². The van der Waals surface area contributed by atoms with Gasteiger partial charge in [-0.2, -0.15) is 0 Å². The molecule has 1 N–H and O–H groups in total. The van der Waals surface area contributed by atoms with E-state index in [4.69, 9.17) is 4.74 Å². The first-order valence-electron chi connectivity index (χ1n) is 5.28. The van der Waals surface area contributed by atoms with Gasteiger partial charge in [-0.15, -0.1) is 0 Å². The molecule has 2 saturated heterocycles. The molecule has 2 bridgehead atoms. The lowest BCUT2D eigenvalue weighted by molar-refractivity contribution is 0.0160. The van der Waals surface area contributed by atoms with Gasteiger partial charge in [0.1, 0.15) is 0 Å². The van der Waals surface area contributed by atoms with Gasteiger partial charge in [0.05, 0.1) is 12.2 Å². The first-order chi connectivity index (χ1) is 6.83. The number of hydrogen-bond acceptors (Lipinski definition) is 2. The van der Waals surface area contributed by atoms with Gasteiger partial charge in [0.2, 0.25) is 0 Å². The van der Waals surface area contributed by atoms with Crippen LogP contribution in [-0.4, -0.2) is 18.7 Å². The van der Waals surface area contributed by atoms with Crippen molar-refractivity contribution in [3.05, 3.63) is 35.4 Å². The fraction of sp³-hybridized carbons (Fsp3) is 0.500. The number of morpholine rings is 1. The van der Waals surface area contributed by atoms with E-state index in [0.717, 1.165) is 6.54 Å². The van der Waals surface area contributed by atoms with E-state index in [0.29, 0.717) is 12.1 Å². The maximum absolute atomic E-state index is 5.92. The van der Waals surface area contributed by atoms with Crippen molar-refractivity contribution in [3.63, 3.8) is 0 Å². The largest absolute Gasteiger partial charge is 0.367 e. The Bertz CT molecular complexity index is 333. The summed E-state index contributed by atoms with van der Waals surface area (Å²) in [6, 6.07) is 9.22. The van der Waals surface area contributed by atoms with Crippen LogP contribution in [-0.2, 0) is 4.74 Å². The SMILES string of the molecule is Cc1ccc([C@@H]2O[C@H]3CN[C@@H]2C3)cc1. The van der Waals surface area contributed by atoms with Crippen LogP contribution < -0.4 is 5.32 Å². The zero-order valence-corrected chi connectivity index (χ0v) is 8.36. The first kappa shape index (κ1) is 8.45. The van der Waals surface area contributed by atoms with Gasteiger partial charge in [0.25, 0.3) is 0 Å². The second kappa shape index (κ2) is 3.07. The second-order valence-corrected chi connectivity index (χ2v) is 4.34. The lowest BCUT2D eigenvalue weighted by Gasteiger charge is -2.23. The number of benzene rings is 1. The van der Waals surface area contributed by atoms with Crippen molar-refractivity contribution >= 4 is 0 Å². The molecular weight excluding hydrogens is 174 g/mol. The van der Waals surface area contributed by atoms with E-state index < -0.39 is 0 Å². The summed E-state index contributed by atoms with van der Waals surface area (Å²) in [4.78, 5) is 0. The monoisotopic (exact) mass is 189 g/mol. The number of ether oxygens (including phenoxy) is 1. The lowest BCUT2D eigenvalue weighted by Crippen LogP contribution is -2.33. The van der Waals surface area contributed by atoms with E-state index in [2.05, 4.69) is 36.5 Å². The number of fused-ring (bicyclic) bond motifs is 2. The summed E-state index contributed by atoms with van der Waals surface area (Å²) in [6.07, 6.45) is 1.92. The molecule has 2 nitrogen and oxygen atoms in total. The van der Waals surface area contributed by atoms with E-state index in [1.807, 2.05) is 0 Å². The molecular formula is C12H15NO. The maximum Gasteiger partial charge on any atom is 0.0983 e. The van der Waals surface area contributed by atoms with Crippen LogP contribution in [0.2, 0.25) is 0 Å². The average Bonchev–Trinajstić information content (AvgIpc) is 2.80. The van der Waals surface area contributed by atoms with Gasteiger partial charge in [0, 0.05) is 12.6 Å². The minimum Gasteiger partial charge on any atom is -0.367 e. The van der Waals surface area contributed by atoms with Crippen LogP contribution >= 0.6 is 0 Å². The van der Waals surface area contributed by atoms with E-state index >= 15 is 0 Å². The third-order valence-corrected chi connectivity index (χ3v) is 3.23. The van der Waals surface area contributed by atoms with Crippen LogP contribution in [0.15, 0.2) is 24.3 Å². The quantitative estimate of drug-likeness (QED) is 0.727. The van der Waals surface area contributed by atoms with E-state index in [1.54, 1.807) is 0 Å². The Balaban J connectivity index is 1.86. The Labute approximate surface area is 84.3 Å². The Morgan fingerprint density at radius 1 is 1.29 bits per heavy atom. The van der Waals surface area contributed by atoms with Crippen molar-refractivity contribution in [1.82, 2.24) is 5.32 Å². The molecule has 2 fully saturated rings. The van der Waals surface area contributed by atoms with Crippen LogP contribution in [0.5, 0.6) is 0 Å². The minimum atomic E-state index is 0.286. The van der Waals surface area contributed by atoms with Crippen LogP contribution in [0, 0.1) is 6.92 Å². The van der Waals surface area contributed by atoms with Crippen molar-refractivity contribution in [2.75, 3.05) is 6.54 Å². The van der Waals surface area contributed by atoms with Crippen LogP contribution in [0.3, 0.4) is 0 Å². The summed E-state index contributed by atoms with van der Waals surface area (Å²) < 4.78 is 5.92. The number of aryl methyl sites for hydroxylation is 1. The fourth-order valence-corrected chi connectivity index (χ4v) is 2.44. The molecule has 1 aromatic rings. The molecule has 14 heavy (non-hydrogen) atoms. The molecule has 1 aromatic carbocycles. The molecule has 0 saturated carbocycles. The summed E-state index contributed by atoms with van der Waals surface area (Å²) >= 11 is 0. The van der Waals surface area contributed by atoms with Crippen LogP contribution in [0.4, 0.5) is 0 Å². The first-order valence-corrected chi connectivity index (χ1v) is 5.28. The van der Waals surface area contributed by atoms with Crippen molar-refractivity contribution in [1.29, 1.82) is 0 Å². The Morgan fingerprint density at radius 2 is 2.07 bits per heavy atom. The average molecular weight is 189 g/mol. The molecule has 2 heteroatoms. The van der Waals surface area contributed by atoms with Gasteiger partial charge in [0.15, 0.2) is 0 Å². The predicted molar refractivity (Wildman–Crippen MR) is 55.2 cm³/mol. The molecule has 0 spiro atoms. The smallest absolute Gasteiger partial charge is 0.0983 e. The molecule has 3 atom stereocenters. The topological polar surface area (TPSA) is 21.3 Å². The number of nitrogens with one attached hydrogen (secondary N) is 1. The number of hydrogen-bond donors (Lipinski definition) is 1. The molecule has 0 unspecified atom stereocenters. The summed E-state index contributed by atoms with van der Waals surface area (Å²) in [5.41, 5.74) is 2.63. The highest BCUT2D eigenvalue weighted by Gasteiger charge is 2.40. The normalized spacial score (nSPS) is 35.1. The van der Waals surface area contributed by atoms with Crippen molar-refractivity contribution in [2.24, 2.45) is 0 Å². The fourth-order valence-electron chi connectivity index (χ4n) is 2.44. The number of rotatable bonds is 1. The highest BCUT2D eigenvalue weighted by Crippen LogP contribution is 2.36. The lowest BCUT2D eigenvalue weighted by atomic mass is 10.0.